The van der Waals surface area contributed by atoms with E-state index in [0.29, 0.717) is 25.2 Å². The number of nitrogens with zero attached hydrogens (tertiary/aromatic N) is 2. The van der Waals surface area contributed by atoms with Crippen molar-refractivity contribution in [3.8, 4) is 0 Å². The number of likely N-dealkylation sites (N-methyl/N-ethyl adjacent to an activating group) is 1. The summed E-state index contributed by atoms with van der Waals surface area (Å²) in [4.78, 5) is 28.2. The second-order valence-electron chi connectivity index (χ2n) is 10.1. The molecule has 1 unspecified atom stereocenters. The molecular formula is C27H35N5O5S. The summed E-state index contributed by atoms with van der Waals surface area (Å²) < 4.78 is 34.6. The van der Waals surface area contributed by atoms with Crippen molar-refractivity contribution < 1.29 is 22.7 Å². The van der Waals surface area contributed by atoms with Crippen LogP contribution < -0.4 is 15.9 Å². The summed E-state index contributed by atoms with van der Waals surface area (Å²) in [6, 6.07) is 2.94. The molecule has 0 bridgehead atoms. The molecule has 10 nitrogen and oxygen atoms in total. The van der Waals surface area contributed by atoms with Gasteiger partial charge in [-0.3, -0.25) is 0 Å². The number of carbonyl (C=O) groups excluding carboxylic acids is 2. The largest absolute Gasteiger partial charge is 0.391 e. The Bertz CT molecular complexity index is 1350. The van der Waals surface area contributed by atoms with Crippen LogP contribution in [-0.4, -0.2) is 63.2 Å². The highest BCUT2D eigenvalue weighted by Gasteiger charge is 2.32. The van der Waals surface area contributed by atoms with Gasteiger partial charge in [0, 0.05) is 19.5 Å². The zero-order chi connectivity index (χ0) is 27.4. The average molecular weight is 542 g/mol. The van der Waals surface area contributed by atoms with E-state index in [1.165, 1.54) is 0 Å². The minimum Gasteiger partial charge on any atom is -0.391 e. The van der Waals surface area contributed by atoms with Gasteiger partial charge in [0.25, 0.3) is 0 Å². The minimum atomic E-state index is -4.11. The van der Waals surface area contributed by atoms with Gasteiger partial charge in [0.1, 0.15) is 12.1 Å². The number of nitrogens with two attached hydrogens (primary N) is 1. The minimum absolute atomic E-state index is 0.00612. The lowest BCUT2D eigenvalue weighted by atomic mass is 9.93. The summed E-state index contributed by atoms with van der Waals surface area (Å²) >= 11 is 0. The fourth-order valence-corrected chi connectivity index (χ4v) is 6.09. The molecule has 1 aromatic carbocycles. The second kappa shape index (κ2) is 11.7. The Hall–Kier alpha value is -3.12. The third kappa shape index (κ3) is 6.65. The van der Waals surface area contributed by atoms with Gasteiger partial charge in [-0.05, 0) is 87.2 Å². The summed E-state index contributed by atoms with van der Waals surface area (Å²) in [5, 5.41) is 6.72. The molecule has 204 valence electrons. The number of allylic oxidation sites excluding steroid dienone is 3. The van der Waals surface area contributed by atoms with Crippen LogP contribution in [0.15, 0.2) is 63.1 Å². The molecule has 0 radical (unpaired) electrons. The number of sulfonamides is 1. The lowest BCUT2D eigenvalue weighted by Gasteiger charge is -2.26. The van der Waals surface area contributed by atoms with Crippen LogP contribution in [0.25, 0.3) is 0 Å². The molecule has 4 N–H and O–H groups in total. The van der Waals surface area contributed by atoms with Crippen LogP contribution in [0.1, 0.15) is 44.2 Å². The maximum absolute atomic E-state index is 13.5. The third-order valence-electron chi connectivity index (χ3n) is 7.10. The van der Waals surface area contributed by atoms with Crippen molar-refractivity contribution in [2.24, 2.45) is 10.9 Å². The van der Waals surface area contributed by atoms with E-state index in [4.69, 9.17) is 10.6 Å². The zero-order valence-electron chi connectivity index (χ0n) is 22.0. The van der Waals surface area contributed by atoms with Crippen molar-refractivity contribution in [1.82, 2.24) is 14.9 Å². The number of fused-ring (bicyclic) bond motifs is 1. The van der Waals surface area contributed by atoms with E-state index in [-0.39, 0.29) is 11.3 Å². The highest BCUT2D eigenvalue weighted by Crippen LogP contribution is 2.25. The molecule has 0 saturated heterocycles. The SMILES string of the molecule is CC1=CC(C(=O)OC(=O)[C@H](CC2=CC/C(=N\N)C=C2C)NS(=O)(=O)c2ccc3c(c2)CN(C)CC3)NCC1. The summed E-state index contributed by atoms with van der Waals surface area (Å²) in [6.45, 7) is 5.86. The lowest BCUT2D eigenvalue weighted by molar-refractivity contribution is -0.161. The van der Waals surface area contributed by atoms with E-state index in [1.54, 1.807) is 24.3 Å². The molecule has 2 heterocycles. The van der Waals surface area contributed by atoms with Crippen molar-refractivity contribution >= 4 is 27.7 Å². The highest BCUT2D eigenvalue weighted by atomic mass is 32.2. The molecule has 2 aliphatic heterocycles. The molecular weight excluding hydrogens is 506 g/mol. The number of esters is 2. The number of ether oxygens (including phenoxy) is 1. The van der Waals surface area contributed by atoms with Crippen LogP contribution in [0.3, 0.4) is 0 Å². The number of rotatable bonds is 7. The first-order valence-electron chi connectivity index (χ1n) is 12.7. The van der Waals surface area contributed by atoms with Gasteiger partial charge in [0.2, 0.25) is 10.0 Å². The van der Waals surface area contributed by atoms with Gasteiger partial charge in [0.05, 0.1) is 10.6 Å². The van der Waals surface area contributed by atoms with E-state index in [0.717, 1.165) is 47.2 Å². The number of nitrogens with one attached hydrogen (secondary N) is 2. The first kappa shape index (κ1) is 27.9. The zero-order valence-corrected chi connectivity index (χ0v) is 22.8. The molecule has 2 atom stereocenters. The van der Waals surface area contributed by atoms with Crippen molar-refractivity contribution in [3.05, 3.63) is 64.3 Å². The van der Waals surface area contributed by atoms with Crippen LogP contribution in [0, 0.1) is 0 Å². The van der Waals surface area contributed by atoms with Gasteiger partial charge in [0.15, 0.2) is 0 Å². The molecule has 38 heavy (non-hydrogen) atoms. The molecule has 0 saturated carbocycles. The van der Waals surface area contributed by atoms with Crippen molar-refractivity contribution in [1.29, 1.82) is 0 Å². The Morgan fingerprint density at radius 2 is 2.05 bits per heavy atom. The van der Waals surface area contributed by atoms with E-state index >= 15 is 0 Å². The first-order chi connectivity index (χ1) is 18.1. The standard InChI is InChI=1S/C27H35N5O5S/c1-17-8-10-29-24(12-17)26(33)37-27(34)25(15-20-4-6-22(30-28)13-18(20)2)31-38(35,36)23-7-5-19-9-11-32(3)16-21(19)14-23/h4-5,7,12-14,24-25,29,31H,6,8-11,15-16,28H2,1-3H3/b30-22+/t24?,25-/m0/s1. The third-order valence-corrected chi connectivity index (χ3v) is 8.57. The maximum Gasteiger partial charge on any atom is 0.334 e. The molecule has 3 aliphatic rings. The smallest absolute Gasteiger partial charge is 0.334 e. The summed E-state index contributed by atoms with van der Waals surface area (Å²) in [5.74, 6) is 3.67. The summed E-state index contributed by atoms with van der Waals surface area (Å²) in [7, 11) is -2.12. The van der Waals surface area contributed by atoms with E-state index in [2.05, 4.69) is 20.0 Å². The number of hydrogen-bond donors (Lipinski definition) is 3. The van der Waals surface area contributed by atoms with Crippen LogP contribution in [0.5, 0.6) is 0 Å². The molecule has 11 heteroatoms. The Morgan fingerprint density at radius 3 is 2.76 bits per heavy atom. The summed E-state index contributed by atoms with van der Waals surface area (Å²) in [5.41, 5.74) is 5.27. The van der Waals surface area contributed by atoms with Gasteiger partial charge in [-0.15, -0.1) is 0 Å². The fraction of sp³-hybridized carbons (Fsp3) is 0.444. The number of hydrazone groups is 1. The van der Waals surface area contributed by atoms with Crippen molar-refractivity contribution in [3.63, 3.8) is 0 Å². The van der Waals surface area contributed by atoms with E-state index in [9.17, 15) is 18.0 Å². The predicted molar refractivity (Wildman–Crippen MR) is 145 cm³/mol. The van der Waals surface area contributed by atoms with Gasteiger partial charge < -0.3 is 20.8 Å². The van der Waals surface area contributed by atoms with Crippen LogP contribution in [0.4, 0.5) is 0 Å². The summed E-state index contributed by atoms with van der Waals surface area (Å²) in [6.07, 6.45) is 7.44. The molecule has 0 fully saturated rings. The Morgan fingerprint density at radius 1 is 1.26 bits per heavy atom. The number of benzene rings is 1. The Kier molecular flexibility index (Phi) is 8.61. The first-order valence-corrected chi connectivity index (χ1v) is 14.2. The van der Waals surface area contributed by atoms with Gasteiger partial charge in [-0.25, -0.2) is 18.0 Å². The van der Waals surface area contributed by atoms with Gasteiger partial charge in [-0.2, -0.15) is 9.82 Å². The van der Waals surface area contributed by atoms with Crippen LogP contribution in [-0.2, 0) is 37.3 Å². The second-order valence-corrected chi connectivity index (χ2v) is 11.8. The van der Waals surface area contributed by atoms with Gasteiger partial charge in [-0.1, -0.05) is 23.8 Å². The predicted octanol–water partition coefficient (Wildman–Crippen LogP) is 1.68. The van der Waals surface area contributed by atoms with Gasteiger partial charge >= 0.3 is 11.9 Å². The molecule has 0 aromatic heterocycles. The molecule has 1 aliphatic carbocycles. The van der Waals surface area contributed by atoms with Crippen LogP contribution in [0.2, 0.25) is 0 Å². The Balaban J connectivity index is 1.58. The normalized spacial score (nSPS) is 22.1. The maximum atomic E-state index is 13.5. The van der Waals surface area contributed by atoms with Crippen molar-refractivity contribution in [2.75, 3.05) is 20.1 Å². The number of hydrogen-bond acceptors (Lipinski definition) is 9. The van der Waals surface area contributed by atoms with E-state index < -0.39 is 34.0 Å². The quantitative estimate of drug-likeness (QED) is 0.156. The average Bonchev–Trinajstić information content (AvgIpc) is 2.88. The highest BCUT2D eigenvalue weighted by molar-refractivity contribution is 7.89. The Labute approximate surface area is 223 Å². The monoisotopic (exact) mass is 541 g/mol. The lowest BCUT2D eigenvalue weighted by Crippen LogP contribution is -2.46. The molecule has 0 spiro atoms. The number of carbonyl (C=O) groups is 2. The molecule has 0 amide bonds. The van der Waals surface area contributed by atoms with Crippen LogP contribution >= 0.6 is 0 Å². The topological polar surface area (TPSA) is 143 Å². The fourth-order valence-electron chi connectivity index (χ4n) is 4.85. The van der Waals surface area contributed by atoms with E-state index in [1.807, 2.05) is 33.0 Å². The van der Waals surface area contributed by atoms with Crippen molar-refractivity contribution in [2.45, 2.75) is 63.1 Å². The molecule has 1 aromatic rings. The molecule has 4 rings (SSSR count).